The Morgan fingerprint density at radius 2 is 1.96 bits per heavy atom. The molecule has 0 aliphatic carbocycles. The van der Waals surface area contributed by atoms with Gasteiger partial charge < -0.3 is 15.0 Å². The van der Waals surface area contributed by atoms with Crippen molar-refractivity contribution in [3.8, 4) is 0 Å². The molecule has 1 N–H and O–H groups in total. The third-order valence-electron chi connectivity index (χ3n) is 4.54. The monoisotopic (exact) mass is 333 g/mol. The molecule has 0 bridgehead atoms. The standard InChI is InChI=1S/C16H29F2N3O2/c1-12(2)9-14-11-23-8-7-21(14)16(22)19-13-3-5-20(6-4-13)10-15(17)18/h12-15H,3-11H2,1-2H3,(H,19,22). The number of carbonyl (C=O) groups excluding carboxylic acids is 1. The molecule has 1 unspecified atom stereocenters. The van der Waals surface area contributed by atoms with E-state index in [4.69, 9.17) is 4.74 Å². The third-order valence-corrected chi connectivity index (χ3v) is 4.54. The molecule has 7 heteroatoms. The van der Waals surface area contributed by atoms with Crippen molar-refractivity contribution in [3.63, 3.8) is 0 Å². The lowest BCUT2D eigenvalue weighted by molar-refractivity contribution is 0.00424. The summed E-state index contributed by atoms with van der Waals surface area (Å²) in [7, 11) is 0. The minimum absolute atomic E-state index is 0.0359. The van der Waals surface area contributed by atoms with E-state index in [-0.39, 0.29) is 24.7 Å². The number of alkyl halides is 2. The number of hydrogen-bond acceptors (Lipinski definition) is 3. The second-order valence-electron chi connectivity index (χ2n) is 6.97. The van der Waals surface area contributed by atoms with E-state index in [0.717, 1.165) is 19.3 Å². The van der Waals surface area contributed by atoms with Crippen LogP contribution in [0.1, 0.15) is 33.1 Å². The van der Waals surface area contributed by atoms with Crippen molar-refractivity contribution in [1.29, 1.82) is 0 Å². The lowest BCUT2D eigenvalue weighted by atomic mass is 10.0. The number of piperidine rings is 1. The summed E-state index contributed by atoms with van der Waals surface area (Å²) in [5, 5.41) is 3.08. The third kappa shape index (κ3) is 5.88. The number of urea groups is 1. The Labute approximate surface area is 137 Å². The average Bonchev–Trinajstić information content (AvgIpc) is 2.48. The Morgan fingerprint density at radius 3 is 2.57 bits per heavy atom. The molecule has 0 saturated carbocycles. The van der Waals surface area contributed by atoms with Gasteiger partial charge in [0, 0.05) is 25.7 Å². The molecule has 0 radical (unpaired) electrons. The van der Waals surface area contributed by atoms with Crippen molar-refractivity contribution in [2.75, 3.05) is 39.4 Å². The summed E-state index contributed by atoms with van der Waals surface area (Å²) in [6.45, 7) is 7.15. The quantitative estimate of drug-likeness (QED) is 0.839. The molecule has 23 heavy (non-hydrogen) atoms. The van der Waals surface area contributed by atoms with Crippen molar-refractivity contribution in [2.24, 2.45) is 5.92 Å². The van der Waals surface area contributed by atoms with Crippen molar-refractivity contribution >= 4 is 6.03 Å². The summed E-state index contributed by atoms with van der Waals surface area (Å²) in [6.07, 6.45) is 0.113. The van der Waals surface area contributed by atoms with Crippen LogP contribution >= 0.6 is 0 Å². The first-order valence-electron chi connectivity index (χ1n) is 8.61. The van der Waals surface area contributed by atoms with Crippen LogP contribution in [-0.4, -0.2) is 73.7 Å². The maximum Gasteiger partial charge on any atom is 0.318 e. The maximum absolute atomic E-state index is 12.5. The van der Waals surface area contributed by atoms with Gasteiger partial charge in [-0.25, -0.2) is 13.6 Å². The van der Waals surface area contributed by atoms with Crippen LogP contribution in [0.4, 0.5) is 13.6 Å². The Hall–Kier alpha value is -0.950. The van der Waals surface area contributed by atoms with Crippen LogP contribution in [0.3, 0.4) is 0 Å². The lowest BCUT2D eigenvalue weighted by Crippen LogP contribution is -2.56. The number of halogens is 2. The first kappa shape index (κ1) is 18.4. The molecule has 2 rings (SSSR count). The molecule has 2 amide bonds. The van der Waals surface area contributed by atoms with Gasteiger partial charge in [0.05, 0.1) is 25.8 Å². The van der Waals surface area contributed by atoms with E-state index in [1.165, 1.54) is 0 Å². The highest BCUT2D eigenvalue weighted by Crippen LogP contribution is 2.17. The van der Waals surface area contributed by atoms with Crippen LogP contribution in [0.2, 0.25) is 0 Å². The first-order valence-corrected chi connectivity index (χ1v) is 8.61. The zero-order valence-electron chi connectivity index (χ0n) is 14.1. The molecule has 2 saturated heterocycles. The van der Waals surface area contributed by atoms with Crippen LogP contribution in [0.5, 0.6) is 0 Å². The largest absolute Gasteiger partial charge is 0.377 e. The van der Waals surface area contributed by atoms with Crippen LogP contribution in [0, 0.1) is 5.92 Å². The summed E-state index contributed by atoms with van der Waals surface area (Å²) < 4.78 is 30.3. The molecule has 5 nitrogen and oxygen atoms in total. The number of carbonyl (C=O) groups is 1. The highest BCUT2D eigenvalue weighted by atomic mass is 19.3. The number of hydrogen-bond donors (Lipinski definition) is 1. The fourth-order valence-electron chi connectivity index (χ4n) is 3.37. The predicted octanol–water partition coefficient (Wildman–Crippen LogP) is 2.17. The van der Waals surface area contributed by atoms with Gasteiger partial charge in [-0.15, -0.1) is 0 Å². The van der Waals surface area contributed by atoms with Gasteiger partial charge >= 0.3 is 6.03 Å². The first-order chi connectivity index (χ1) is 11.0. The molecule has 0 aromatic rings. The van der Waals surface area contributed by atoms with E-state index in [1.54, 1.807) is 4.90 Å². The summed E-state index contributed by atoms with van der Waals surface area (Å²) >= 11 is 0. The zero-order valence-corrected chi connectivity index (χ0v) is 14.1. The van der Waals surface area contributed by atoms with Crippen molar-refractivity contribution in [1.82, 2.24) is 15.1 Å². The summed E-state index contributed by atoms with van der Waals surface area (Å²) in [5.74, 6) is 0.509. The fraction of sp³-hybridized carbons (Fsp3) is 0.938. The van der Waals surface area contributed by atoms with Gasteiger partial charge in [0.15, 0.2) is 0 Å². The van der Waals surface area contributed by atoms with Gasteiger partial charge in [-0.3, -0.25) is 4.90 Å². The number of nitrogens with one attached hydrogen (secondary N) is 1. The van der Waals surface area contributed by atoms with E-state index in [1.807, 2.05) is 4.90 Å². The second-order valence-corrected chi connectivity index (χ2v) is 6.97. The van der Waals surface area contributed by atoms with Crippen LogP contribution in [0.15, 0.2) is 0 Å². The number of morpholine rings is 1. The molecule has 2 aliphatic heterocycles. The fourth-order valence-corrected chi connectivity index (χ4v) is 3.37. The smallest absolute Gasteiger partial charge is 0.318 e. The number of amides is 2. The average molecular weight is 333 g/mol. The predicted molar refractivity (Wildman–Crippen MR) is 84.8 cm³/mol. The number of nitrogens with zero attached hydrogens (tertiary/aromatic N) is 2. The van der Waals surface area contributed by atoms with Gasteiger partial charge in [0.25, 0.3) is 6.43 Å². The zero-order chi connectivity index (χ0) is 16.8. The molecule has 134 valence electrons. The Morgan fingerprint density at radius 1 is 1.26 bits per heavy atom. The van der Waals surface area contributed by atoms with Gasteiger partial charge in [0.1, 0.15) is 0 Å². The van der Waals surface area contributed by atoms with Crippen molar-refractivity contribution < 1.29 is 18.3 Å². The minimum Gasteiger partial charge on any atom is -0.377 e. The maximum atomic E-state index is 12.5. The number of likely N-dealkylation sites (tertiary alicyclic amines) is 1. The number of ether oxygens (including phenoxy) is 1. The topological polar surface area (TPSA) is 44.8 Å². The molecule has 1 atom stereocenters. The van der Waals surface area contributed by atoms with E-state index in [2.05, 4.69) is 19.2 Å². The lowest BCUT2D eigenvalue weighted by Gasteiger charge is -2.38. The highest BCUT2D eigenvalue weighted by molar-refractivity contribution is 5.75. The van der Waals surface area contributed by atoms with E-state index < -0.39 is 6.43 Å². The van der Waals surface area contributed by atoms with Crippen molar-refractivity contribution in [2.45, 2.75) is 51.6 Å². The van der Waals surface area contributed by atoms with E-state index >= 15 is 0 Å². The highest BCUT2D eigenvalue weighted by Gasteiger charge is 2.30. The Bertz CT molecular complexity index is 374. The van der Waals surface area contributed by atoms with E-state index in [0.29, 0.717) is 38.8 Å². The normalized spacial score (nSPS) is 24.4. The molecule has 2 fully saturated rings. The van der Waals surface area contributed by atoms with Crippen LogP contribution < -0.4 is 5.32 Å². The molecule has 2 heterocycles. The Kier molecular flexibility index (Phi) is 7.02. The van der Waals surface area contributed by atoms with Gasteiger partial charge in [-0.05, 0) is 25.2 Å². The molecule has 2 aliphatic rings. The van der Waals surface area contributed by atoms with Crippen LogP contribution in [-0.2, 0) is 4.74 Å². The Balaban J connectivity index is 1.79. The van der Waals surface area contributed by atoms with E-state index in [9.17, 15) is 13.6 Å². The molecular weight excluding hydrogens is 304 g/mol. The van der Waals surface area contributed by atoms with Crippen molar-refractivity contribution in [3.05, 3.63) is 0 Å². The summed E-state index contributed by atoms with van der Waals surface area (Å²) in [4.78, 5) is 16.2. The van der Waals surface area contributed by atoms with Gasteiger partial charge in [-0.2, -0.15) is 0 Å². The molecular formula is C16H29F2N3O2. The molecule has 0 aromatic heterocycles. The second kappa shape index (κ2) is 8.78. The van der Waals surface area contributed by atoms with Crippen LogP contribution in [0.25, 0.3) is 0 Å². The van der Waals surface area contributed by atoms with Gasteiger partial charge in [0.2, 0.25) is 0 Å². The molecule has 0 aromatic carbocycles. The molecule has 0 spiro atoms. The van der Waals surface area contributed by atoms with Gasteiger partial charge in [-0.1, -0.05) is 13.8 Å². The minimum atomic E-state index is -2.29. The summed E-state index contributed by atoms with van der Waals surface area (Å²) in [6, 6.07) is 0.174. The SMILES string of the molecule is CC(C)CC1COCCN1C(=O)NC1CCN(CC(F)F)CC1. The summed E-state index contributed by atoms with van der Waals surface area (Å²) in [5.41, 5.74) is 0. The number of rotatable bonds is 5.